The largest absolute Gasteiger partial charge is 0.478 e. The smallest absolute Gasteiger partial charge is 0.408 e. The number of likely N-dealkylation sites (tertiary alicyclic amines) is 1. The Kier molecular flexibility index (Phi) is 38.2. The lowest BCUT2D eigenvalue weighted by Gasteiger charge is -2.25. The fourth-order valence-electron chi connectivity index (χ4n) is 3.55. The van der Waals surface area contributed by atoms with Crippen LogP contribution in [0.4, 0.5) is 4.79 Å². The van der Waals surface area contributed by atoms with Crippen molar-refractivity contribution < 1.29 is 42.2 Å². The number of aromatic carboxylic acids is 1. The number of nitrogens with zero attached hydrogens (tertiary/aromatic N) is 1. The first-order valence-electron chi connectivity index (χ1n) is 17.9. The Morgan fingerprint density at radius 2 is 1.38 bits per heavy atom. The number of amides is 3. The van der Waals surface area contributed by atoms with Gasteiger partial charge in [-0.3, -0.25) is 9.59 Å². The molecule has 0 aromatic heterocycles. The predicted octanol–water partition coefficient (Wildman–Crippen LogP) is 6.44. The average Bonchev–Trinajstić information content (AvgIpc) is 4.10. The van der Waals surface area contributed by atoms with Crippen molar-refractivity contribution in [3.05, 3.63) is 49.1 Å². The summed E-state index contributed by atoms with van der Waals surface area (Å²) in [4.78, 5) is 55.6. The average molecular weight is 771 g/mol. The maximum atomic E-state index is 12.2. The van der Waals surface area contributed by atoms with E-state index in [0.717, 1.165) is 38.0 Å². The molecule has 0 bridgehead atoms. The highest BCUT2D eigenvalue weighted by Gasteiger charge is 2.36. The Morgan fingerprint density at radius 1 is 0.925 bits per heavy atom. The molecule has 0 spiro atoms. The molecule has 1 aromatic rings. The summed E-state index contributed by atoms with van der Waals surface area (Å²) in [6.07, 6.45) is 12.6. The molecule has 53 heavy (non-hydrogen) atoms. The normalized spacial score (nSPS) is 14.7. The molecule has 1 aromatic carbocycles. The molecular formula is C39H70N4O9S. The second-order valence-corrected chi connectivity index (χ2v) is 14.4. The molecule has 1 atom stereocenters. The van der Waals surface area contributed by atoms with Crippen LogP contribution in [0, 0.1) is 18.8 Å². The van der Waals surface area contributed by atoms with Crippen molar-refractivity contribution in [2.75, 3.05) is 20.1 Å². The van der Waals surface area contributed by atoms with Crippen molar-refractivity contribution >= 4 is 40.7 Å². The van der Waals surface area contributed by atoms with E-state index in [0.29, 0.717) is 18.5 Å². The van der Waals surface area contributed by atoms with Crippen molar-refractivity contribution in [3.8, 4) is 12.8 Å². The van der Waals surface area contributed by atoms with Crippen LogP contribution in [0.5, 0.6) is 0 Å². The van der Waals surface area contributed by atoms with Crippen molar-refractivity contribution in [2.24, 2.45) is 5.92 Å². The molecule has 3 amide bonds. The van der Waals surface area contributed by atoms with E-state index >= 15 is 0 Å². The number of ether oxygens (including phenoxy) is 1. The molecule has 1 heterocycles. The lowest BCUT2D eigenvalue weighted by molar-refractivity contribution is -0.137. The highest BCUT2D eigenvalue weighted by Crippen LogP contribution is 2.26. The summed E-state index contributed by atoms with van der Waals surface area (Å²) in [5, 5.41) is 13.7. The molecule has 1 saturated heterocycles. The van der Waals surface area contributed by atoms with Crippen LogP contribution in [0.1, 0.15) is 118 Å². The molecular weight excluding hydrogens is 701 g/mol. The van der Waals surface area contributed by atoms with Crippen LogP contribution in [0.3, 0.4) is 0 Å². The number of carbonyl (C=O) groups excluding carboxylic acids is 4. The Bertz CT molecular complexity index is 1220. The third kappa shape index (κ3) is 33.4. The van der Waals surface area contributed by atoms with Crippen LogP contribution in [0.15, 0.2) is 43.5 Å². The summed E-state index contributed by atoms with van der Waals surface area (Å²) in [6, 6.07) is 8.17. The van der Waals surface area contributed by atoms with E-state index in [4.69, 9.17) is 14.6 Å². The van der Waals surface area contributed by atoms with Gasteiger partial charge in [-0.2, -0.15) is 0 Å². The van der Waals surface area contributed by atoms with Gasteiger partial charge >= 0.3 is 12.1 Å². The summed E-state index contributed by atoms with van der Waals surface area (Å²) in [6.45, 7) is 28.2. The number of nitrogens with one attached hydrogen (secondary N) is 3. The standard InChI is InChI=1S/C15H25N3O4.C7H6O2.C4H9NO2S.C4H10.2C2H6.C2H4.C2H2.CH2O/c1-15(2,3)22-14(21)16-9-12(19)18-8-4-5-11(18)13(20)17-10-6-7-10;8-7(9)6-4-2-1-3-5-6;1-5-8(6,7)4-2-3-4;1-4(2)3;5*1-2/h10-11H,4-9H2,1-3H3,(H,16,21)(H,17,20);1-5H,(H,8,9);4-5H,2-3H2,1H3;4H,1-3H3;2*1-2H3;1-2H2;1-2H;1H2/t11-;;;;;;;;/m0......../s1. The molecule has 2 aliphatic carbocycles. The number of rotatable bonds is 7. The quantitative estimate of drug-likeness (QED) is 0.179. The van der Waals surface area contributed by atoms with Crippen LogP contribution < -0.4 is 15.4 Å². The second-order valence-electron chi connectivity index (χ2n) is 12.2. The lowest BCUT2D eigenvalue weighted by atomic mass is 10.2. The maximum absolute atomic E-state index is 12.2. The first kappa shape index (κ1) is 58.1. The highest BCUT2D eigenvalue weighted by atomic mass is 32.2. The number of hydrogen-bond donors (Lipinski definition) is 4. The number of benzene rings is 1. The van der Waals surface area contributed by atoms with Crippen molar-refractivity contribution in [3.63, 3.8) is 0 Å². The van der Waals surface area contributed by atoms with Gasteiger partial charge in [0.1, 0.15) is 25.0 Å². The van der Waals surface area contributed by atoms with E-state index in [2.05, 4.69) is 62.1 Å². The fraction of sp³-hybridized carbons (Fsp3) is 0.615. The molecule has 2 saturated carbocycles. The monoisotopic (exact) mass is 770 g/mol. The van der Waals surface area contributed by atoms with Gasteiger partial charge < -0.3 is 30.2 Å². The number of carboxylic acid groups (broad SMARTS) is 1. The maximum Gasteiger partial charge on any atom is 0.408 e. The summed E-state index contributed by atoms with van der Waals surface area (Å²) in [5.41, 5.74) is -0.273. The van der Waals surface area contributed by atoms with E-state index in [-0.39, 0.29) is 29.7 Å². The zero-order valence-corrected chi connectivity index (χ0v) is 35.0. The summed E-state index contributed by atoms with van der Waals surface area (Å²) >= 11 is 0. The zero-order chi connectivity index (χ0) is 42.8. The molecule has 4 rings (SSSR count). The molecule has 0 unspecified atom stereocenters. The van der Waals surface area contributed by atoms with Gasteiger partial charge in [-0.1, -0.05) is 66.7 Å². The Hall–Kier alpha value is -4.22. The van der Waals surface area contributed by atoms with Gasteiger partial charge in [-0.05, 0) is 84.4 Å². The molecule has 306 valence electrons. The summed E-state index contributed by atoms with van der Waals surface area (Å²) in [7, 11) is -1.42. The molecule has 0 radical (unpaired) electrons. The van der Waals surface area contributed by atoms with Gasteiger partial charge in [0, 0.05) is 12.6 Å². The molecule has 3 aliphatic rings. The predicted molar refractivity (Wildman–Crippen MR) is 216 cm³/mol. The van der Waals surface area contributed by atoms with Crippen molar-refractivity contribution in [2.45, 2.75) is 131 Å². The first-order chi connectivity index (χ1) is 25.0. The van der Waals surface area contributed by atoms with Gasteiger partial charge in [0.25, 0.3) is 0 Å². The lowest BCUT2D eigenvalue weighted by Crippen LogP contribution is -2.49. The minimum Gasteiger partial charge on any atom is -0.478 e. The number of sulfonamides is 1. The van der Waals surface area contributed by atoms with Gasteiger partial charge in [-0.15, -0.1) is 26.0 Å². The van der Waals surface area contributed by atoms with Crippen LogP contribution in [-0.4, -0.2) is 92.2 Å². The van der Waals surface area contributed by atoms with Gasteiger partial charge in [0.2, 0.25) is 21.8 Å². The van der Waals surface area contributed by atoms with Crippen molar-refractivity contribution in [1.29, 1.82) is 0 Å². The zero-order valence-electron chi connectivity index (χ0n) is 34.2. The molecule has 1 aliphatic heterocycles. The highest BCUT2D eigenvalue weighted by molar-refractivity contribution is 7.90. The SMILES string of the molecule is C#C.C=C.C=O.CC.CC.CC(C)(C)OC(=O)NCC(=O)N1CCC[C@H]1C(=O)NC1CC1.CC(C)C.CNS(=O)(=O)C1CC1.O=C(O)c1ccccc1. The number of alkyl carbamates (subject to hydrolysis) is 1. The van der Waals surface area contributed by atoms with Crippen LogP contribution in [-0.2, 0) is 29.1 Å². The van der Waals surface area contributed by atoms with Gasteiger partial charge in [0.15, 0.2) is 0 Å². The van der Waals surface area contributed by atoms with Gasteiger partial charge in [0.05, 0.1) is 10.8 Å². The van der Waals surface area contributed by atoms with E-state index < -0.39 is 33.7 Å². The summed E-state index contributed by atoms with van der Waals surface area (Å²) in [5.74, 6) is -0.375. The van der Waals surface area contributed by atoms with Crippen LogP contribution in [0.2, 0.25) is 0 Å². The molecule has 3 fully saturated rings. The van der Waals surface area contributed by atoms with Crippen LogP contribution >= 0.6 is 0 Å². The molecule has 13 nitrogen and oxygen atoms in total. The topological polar surface area (TPSA) is 188 Å². The van der Waals surface area contributed by atoms with Gasteiger partial charge in [-0.25, -0.2) is 22.7 Å². The van der Waals surface area contributed by atoms with Crippen LogP contribution in [0.25, 0.3) is 0 Å². The van der Waals surface area contributed by atoms with E-state index in [1.165, 1.54) is 7.05 Å². The number of hydrogen-bond acceptors (Lipinski definition) is 8. The third-order valence-corrected chi connectivity index (χ3v) is 7.77. The number of carbonyl (C=O) groups is 5. The number of carboxylic acids is 1. The Labute approximate surface area is 321 Å². The first-order valence-corrected chi connectivity index (χ1v) is 19.4. The fourth-order valence-corrected chi connectivity index (χ4v) is 4.64. The summed E-state index contributed by atoms with van der Waals surface area (Å²) < 4.78 is 28.7. The molecule has 14 heteroatoms. The van der Waals surface area contributed by atoms with E-state index in [9.17, 15) is 27.6 Å². The Balaban J connectivity index is -0.000000205. The van der Waals surface area contributed by atoms with Crippen molar-refractivity contribution in [1.82, 2.24) is 20.3 Å². The minimum atomic E-state index is -2.88. The van der Waals surface area contributed by atoms with E-state index in [1.54, 1.807) is 56.0 Å². The third-order valence-electron chi connectivity index (χ3n) is 5.85. The minimum absolute atomic E-state index is 0.0764. The van der Waals surface area contributed by atoms with E-state index in [1.807, 2.05) is 34.5 Å². The number of terminal acetylenes is 1. The second kappa shape index (κ2) is 34.8. The Morgan fingerprint density at radius 3 is 1.70 bits per heavy atom. The molecule has 4 N–H and O–H groups in total.